The molecule has 0 aromatic carbocycles. The van der Waals surface area contributed by atoms with Gasteiger partial charge in [-0.3, -0.25) is 9.59 Å². The number of ether oxygens (including phenoxy) is 1. The maximum absolute atomic E-state index is 13.1. The lowest BCUT2D eigenvalue weighted by atomic mass is 9.73. The molecule has 0 aliphatic carbocycles. The number of carbonyl (C=O) groups is 2. The number of methoxy groups -OCH3 is 1. The fourth-order valence-electron chi connectivity index (χ4n) is 4.21. The SMILES string of the molecule is CO[C@@H]([C@@H](C)C/C=C/C(C)=C\C[C@H](N)/C(C)=C/c1csc(C)n1)[C@@H](C)C(=O)C(C)(C)[C@@H](O)CC(=O)O. The first kappa shape index (κ1) is 31.9. The van der Waals surface area contributed by atoms with Crippen LogP contribution < -0.4 is 5.73 Å². The average Bonchev–Trinajstić information content (AvgIpc) is 3.20. The summed E-state index contributed by atoms with van der Waals surface area (Å²) in [6.45, 7) is 13.0. The van der Waals surface area contributed by atoms with E-state index < -0.39 is 29.8 Å². The maximum Gasteiger partial charge on any atom is 0.306 e. The molecule has 0 spiro atoms. The number of Topliss-reactive ketones (excluding diaryl/α,β-unsaturated/α-hetero) is 1. The Morgan fingerprint density at radius 3 is 2.42 bits per heavy atom. The van der Waals surface area contributed by atoms with Gasteiger partial charge in [-0.05, 0) is 45.6 Å². The second-order valence-corrected chi connectivity index (χ2v) is 11.3. The van der Waals surface area contributed by atoms with Crippen molar-refractivity contribution in [2.24, 2.45) is 23.0 Å². The molecule has 0 saturated carbocycles. The van der Waals surface area contributed by atoms with Crippen molar-refractivity contribution in [2.75, 3.05) is 7.11 Å². The molecule has 1 aromatic heterocycles. The van der Waals surface area contributed by atoms with Gasteiger partial charge in [0.1, 0.15) is 5.78 Å². The molecule has 0 amide bonds. The van der Waals surface area contributed by atoms with Crippen molar-refractivity contribution in [1.29, 1.82) is 0 Å². The second-order valence-electron chi connectivity index (χ2n) is 10.3. The van der Waals surface area contributed by atoms with E-state index in [9.17, 15) is 14.7 Å². The number of aliphatic hydroxyl groups excluding tert-OH is 1. The molecule has 0 radical (unpaired) electrons. The van der Waals surface area contributed by atoms with E-state index in [2.05, 4.69) is 17.1 Å². The summed E-state index contributed by atoms with van der Waals surface area (Å²) in [4.78, 5) is 28.6. The van der Waals surface area contributed by atoms with Crippen LogP contribution in [0.5, 0.6) is 0 Å². The van der Waals surface area contributed by atoms with Crippen molar-refractivity contribution in [3.05, 3.63) is 45.5 Å². The van der Waals surface area contributed by atoms with Crippen LogP contribution in [0.25, 0.3) is 6.08 Å². The van der Waals surface area contributed by atoms with Crippen LogP contribution in [0.15, 0.2) is 34.8 Å². The third kappa shape index (κ3) is 9.73. The first-order valence-corrected chi connectivity index (χ1v) is 13.2. The van der Waals surface area contributed by atoms with E-state index in [-0.39, 0.29) is 23.8 Å². The zero-order valence-electron chi connectivity index (χ0n) is 22.9. The average molecular weight is 521 g/mol. The molecule has 1 heterocycles. The van der Waals surface area contributed by atoms with E-state index in [0.29, 0.717) is 6.42 Å². The highest BCUT2D eigenvalue weighted by molar-refractivity contribution is 7.09. The van der Waals surface area contributed by atoms with E-state index >= 15 is 0 Å². The molecule has 8 heteroatoms. The lowest BCUT2D eigenvalue weighted by Crippen LogP contribution is -2.45. The van der Waals surface area contributed by atoms with Crippen molar-refractivity contribution in [2.45, 2.75) is 86.0 Å². The summed E-state index contributed by atoms with van der Waals surface area (Å²) in [5.74, 6) is -1.80. The first-order chi connectivity index (χ1) is 16.7. The Balaban J connectivity index is 2.71. The number of carbonyl (C=O) groups excluding carboxylic acids is 1. The van der Waals surface area contributed by atoms with Gasteiger partial charge in [0.15, 0.2) is 0 Å². The number of nitrogens with two attached hydrogens (primary N) is 1. The summed E-state index contributed by atoms with van der Waals surface area (Å²) >= 11 is 1.62. The van der Waals surface area contributed by atoms with Crippen molar-refractivity contribution in [1.82, 2.24) is 4.98 Å². The van der Waals surface area contributed by atoms with Crippen molar-refractivity contribution in [3.63, 3.8) is 0 Å². The monoisotopic (exact) mass is 520 g/mol. The van der Waals surface area contributed by atoms with Crippen molar-refractivity contribution >= 4 is 29.2 Å². The van der Waals surface area contributed by atoms with Gasteiger partial charge >= 0.3 is 5.97 Å². The number of rotatable bonds is 15. The van der Waals surface area contributed by atoms with Gasteiger partial charge in [0.05, 0.1) is 34.7 Å². The first-order valence-electron chi connectivity index (χ1n) is 12.4. The summed E-state index contributed by atoms with van der Waals surface area (Å²) in [6.07, 6.45) is 7.58. The topological polar surface area (TPSA) is 123 Å². The Hall–Kier alpha value is -2.13. The number of hydrogen-bond acceptors (Lipinski definition) is 7. The van der Waals surface area contributed by atoms with E-state index in [1.807, 2.05) is 45.2 Å². The molecule has 36 heavy (non-hydrogen) atoms. The van der Waals surface area contributed by atoms with Gasteiger partial charge < -0.3 is 20.7 Å². The molecule has 7 nitrogen and oxygen atoms in total. The van der Waals surface area contributed by atoms with Gasteiger partial charge in [-0.1, -0.05) is 57.1 Å². The van der Waals surface area contributed by atoms with Gasteiger partial charge in [-0.15, -0.1) is 11.3 Å². The second kappa shape index (κ2) is 14.6. The molecule has 0 bridgehead atoms. The van der Waals surface area contributed by atoms with E-state index in [1.54, 1.807) is 39.2 Å². The summed E-state index contributed by atoms with van der Waals surface area (Å²) in [6, 6.07) is -0.0844. The van der Waals surface area contributed by atoms with Gasteiger partial charge in [0, 0.05) is 24.4 Å². The fourth-order valence-corrected chi connectivity index (χ4v) is 4.78. The molecule has 5 atom stereocenters. The fraction of sp³-hybridized carbons (Fsp3) is 0.607. The number of allylic oxidation sites excluding steroid dienone is 3. The lowest BCUT2D eigenvalue weighted by molar-refractivity contribution is -0.148. The number of ketones is 1. The molecule has 1 rings (SSSR count). The Morgan fingerprint density at radius 2 is 1.89 bits per heavy atom. The number of aliphatic carboxylic acids is 1. The summed E-state index contributed by atoms with van der Waals surface area (Å²) in [5.41, 5.74) is 8.28. The maximum atomic E-state index is 13.1. The number of aryl methyl sites for hydroxylation is 1. The Kier molecular flexibility index (Phi) is 12.9. The Bertz CT molecular complexity index is 963. The number of aliphatic hydroxyl groups is 1. The van der Waals surface area contributed by atoms with Crippen LogP contribution in [-0.4, -0.2) is 52.3 Å². The lowest BCUT2D eigenvalue weighted by Gasteiger charge is -2.35. The van der Waals surface area contributed by atoms with Gasteiger partial charge in [-0.2, -0.15) is 0 Å². The minimum Gasteiger partial charge on any atom is -0.481 e. The highest BCUT2D eigenvalue weighted by Crippen LogP contribution is 2.32. The molecule has 0 fully saturated rings. The molecule has 0 aliphatic rings. The Labute approximate surface area is 220 Å². The largest absolute Gasteiger partial charge is 0.481 e. The van der Waals surface area contributed by atoms with Crippen LogP contribution in [0.1, 0.15) is 71.5 Å². The van der Waals surface area contributed by atoms with Crippen molar-refractivity contribution in [3.8, 4) is 0 Å². The molecule has 0 aliphatic heterocycles. The molecular formula is C28H44N2O5S. The number of aromatic nitrogens is 1. The van der Waals surface area contributed by atoms with Crippen LogP contribution in [0, 0.1) is 24.2 Å². The normalized spacial score (nSPS) is 17.6. The third-order valence-corrected chi connectivity index (χ3v) is 7.55. The van der Waals surface area contributed by atoms with Crippen LogP contribution in [0.2, 0.25) is 0 Å². The smallest absolute Gasteiger partial charge is 0.306 e. The summed E-state index contributed by atoms with van der Waals surface area (Å²) < 4.78 is 5.67. The van der Waals surface area contributed by atoms with Crippen LogP contribution in [0.4, 0.5) is 0 Å². The van der Waals surface area contributed by atoms with Crippen LogP contribution >= 0.6 is 11.3 Å². The number of nitrogens with zero attached hydrogens (tertiary/aromatic N) is 1. The minimum atomic E-state index is -1.26. The van der Waals surface area contributed by atoms with E-state index in [4.69, 9.17) is 15.6 Å². The standard InChI is InChI=1S/C28H44N2O5S/c1-17(12-13-23(29)19(3)14-22-16-36-21(5)30-22)10-9-11-18(2)26(35-8)20(4)27(34)28(6,7)24(31)15-25(32)33/h9-10,12,14,16,18,20,23-24,26,31H,11,13,15,29H2,1-8H3,(H,32,33)/b10-9+,17-12-,19-14+/t18-,20+,23-,24-,26-/m0/s1. The van der Waals surface area contributed by atoms with Gasteiger partial charge in [0.2, 0.25) is 0 Å². The highest BCUT2D eigenvalue weighted by atomic mass is 32.1. The molecule has 1 aromatic rings. The van der Waals surface area contributed by atoms with Crippen molar-refractivity contribution < 1.29 is 24.5 Å². The number of thiazole rings is 1. The Morgan fingerprint density at radius 1 is 1.25 bits per heavy atom. The zero-order chi connectivity index (χ0) is 27.6. The van der Waals surface area contributed by atoms with Crippen LogP contribution in [0.3, 0.4) is 0 Å². The molecule has 0 saturated heterocycles. The zero-order valence-corrected chi connectivity index (χ0v) is 23.8. The van der Waals surface area contributed by atoms with Gasteiger partial charge in [0.25, 0.3) is 0 Å². The third-order valence-electron chi connectivity index (χ3n) is 6.76. The number of carboxylic acids is 1. The van der Waals surface area contributed by atoms with E-state index in [1.165, 1.54) is 0 Å². The minimum absolute atomic E-state index is 0.0411. The number of carboxylic acid groups (broad SMARTS) is 1. The summed E-state index contributed by atoms with van der Waals surface area (Å²) in [5, 5.41) is 22.3. The van der Waals surface area contributed by atoms with E-state index in [0.717, 1.165) is 28.3 Å². The van der Waals surface area contributed by atoms with Gasteiger partial charge in [-0.25, -0.2) is 4.98 Å². The predicted octanol–water partition coefficient (Wildman–Crippen LogP) is 5.18. The molecule has 0 unspecified atom stereocenters. The number of hydrogen-bond donors (Lipinski definition) is 3. The molecular weight excluding hydrogens is 476 g/mol. The predicted molar refractivity (Wildman–Crippen MR) is 147 cm³/mol. The molecule has 4 N–H and O–H groups in total. The summed E-state index contributed by atoms with van der Waals surface area (Å²) in [7, 11) is 1.57. The highest BCUT2D eigenvalue weighted by Gasteiger charge is 2.42. The quantitative estimate of drug-likeness (QED) is 0.272. The van der Waals surface area contributed by atoms with Crippen LogP contribution in [-0.2, 0) is 14.3 Å². The molecule has 202 valence electrons.